The molecule has 0 fully saturated rings. The van der Waals surface area contributed by atoms with Crippen LogP contribution in [-0.2, 0) is 17.1 Å². The quantitative estimate of drug-likeness (QED) is 0.579. The molecule has 0 aliphatic carbocycles. The second-order valence-corrected chi connectivity index (χ2v) is 5.45. The molecule has 7 heteroatoms. The Morgan fingerprint density at radius 1 is 1.61 bits per heavy atom. The Labute approximate surface area is 106 Å². The molecule has 18 heavy (non-hydrogen) atoms. The molecule has 0 unspecified atom stereocenters. The van der Waals surface area contributed by atoms with Crippen molar-refractivity contribution < 1.29 is 18.3 Å². The van der Waals surface area contributed by atoms with Gasteiger partial charge in [0.15, 0.2) is 0 Å². The van der Waals surface area contributed by atoms with E-state index in [9.17, 15) is 13.2 Å². The lowest BCUT2D eigenvalue weighted by Gasteiger charge is -2.02. The molecule has 1 heterocycles. The van der Waals surface area contributed by atoms with Crippen LogP contribution in [0.4, 0.5) is 0 Å². The van der Waals surface area contributed by atoms with Gasteiger partial charge in [-0.15, -0.1) is 12.3 Å². The van der Waals surface area contributed by atoms with E-state index in [2.05, 4.69) is 10.6 Å². The first kappa shape index (κ1) is 14.3. The molecule has 2 N–H and O–H groups in total. The lowest BCUT2D eigenvalue weighted by molar-refractivity contribution is 0.0686. The van der Waals surface area contributed by atoms with Crippen molar-refractivity contribution in [2.24, 2.45) is 7.05 Å². The third-order valence-electron chi connectivity index (χ3n) is 2.30. The zero-order chi connectivity index (χ0) is 13.8. The van der Waals surface area contributed by atoms with Crippen molar-refractivity contribution in [1.29, 1.82) is 0 Å². The van der Waals surface area contributed by atoms with Crippen molar-refractivity contribution in [3.63, 3.8) is 0 Å². The zero-order valence-electron chi connectivity index (χ0n) is 9.88. The van der Waals surface area contributed by atoms with Gasteiger partial charge in [0.1, 0.15) is 10.6 Å². The van der Waals surface area contributed by atoms with Gasteiger partial charge < -0.3 is 9.67 Å². The van der Waals surface area contributed by atoms with Gasteiger partial charge in [0.05, 0.1) is 0 Å². The standard InChI is InChI=1S/C11H14N2O4S/c1-3-4-5-6-12-18(16,17)9-7-10(11(14)15)13(2)8-9/h1,7-8,12H,4-6H2,2H3,(H,14,15). The van der Waals surface area contributed by atoms with Gasteiger partial charge in [0, 0.05) is 26.2 Å². The van der Waals surface area contributed by atoms with E-state index < -0.39 is 16.0 Å². The number of aryl methyl sites for hydroxylation is 1. The molecular formula is C11H14N2O4S. The van der Waals surface area contributed by atoms with Crippen molar-refractivity contribution in [3.05, 3.63) is 18.0 Å². The highest BCUT2D eigenvalue weighted by atomic mass is 32.2. The number of terminal acetylenes is 1. The van der Waals surface area contributed by atoms with Gasteiger partial charge in [-0.2, -0.15) is 0 Å². The first-order valence-corrected chi connectivity index (χ1v) is 6.69. The third-order valence-corrected chi connectivity index (χ3v) is 3.73. The third kappa shape index (κ3) is 3.35. The van der Waals surface area contributed by atoms with E-state index in [1.807, 2.05) is 0 Å². The topological polar surface area (TPSA) is 88.4 Å². The number of carboxylic acids is 1. The summed E-state index contributed by atoms with van der Waals surface area (Å²) in [4.78, 5) is 10.7. The highest BCUT2D eigenvalue weighted by Gasteiger charge is 2.19. The fraction of sp³-hybridized carbons (Fsp3) is 0.364. The molecule has 1 rings (SSSR count). The normalized spacial score (nSPS) is 11.1. The summed E-state index contributed by atoms with van der Waals surface area (Å²) in [6.07, 6.45) is 7.33. The van der Waals surface area contributed by atoms with E-state index in [0.29, 0.717) is 12.8 Å². The summed E-state index contributed by atoms with van der Waals surface area (Å²) in [5, 5.41) is 8.83. The molecule has 0 saturated carbocycles. The predicted molar refractivity (Wildman–Crippen MR) is 65.6 cm³/mol. The number of hydrogen-bond donors (Lipinski definition) is 2. The van der Waals surface area contributed by atoms with Crippen LogP contribution in [0.1, 0.15) is 23.3 Å². The molecule has 0 aromatic carbocycles. The summed E-state index contributed by atoms with van der Waals surface area (Å²) >= 11 is 0. The van der Waals surface area contributed by atoms with E-state index in [4.69, 9.17) is 11.5 Å². The maximum atomic E-state index is 11.8. The Kier molecular flexibility index (Phi) is 4.53. The molecule has 0 spiro atoms. The van der Waals surface area contributed by atoms with Gasteiger partial charge in [-0.1, -0.05) is 0 Å². The molecule has 6 nitrogen and oxygen atoms in total. The SMILES string of the molecule is C#CCCCNS(=O)(=O)c1cc(C(=O)O)n(C)c1. The average Bonchev–Trinajstić information content (AvgIpc) is 2.68. The van der Waals surface area contributed by atoms with Crippen LogP contribution in [0, 0.1) is 12.3 Å². The lowest BCUT2D eigenvalue weighted by Crippen LogP contribution is -2.24. The van der Waals surface area contributed by atoms with E-state index in [1.54, 1.807) is 0 Å². The second kappa shape index (κ2) is 5.71. The minimum Gasteiger partial charge on any atom is -0.477 e. The first-order chi connectivity index (χ1) is 8.38. The molecular weight excluding hydrogens is 256 g/mol. The molecule has 0 aliphatic rings. The minimum atomic E-state index is -3.68. The number of nitrogens with one attached hydrogen (secondary N) is 1. The number of aromatic carboxylic acids is 1. The van der Waals surface area contributed by atoms with Gasteiger partial charge in [-0.3, -0.25) is 0 Å². The number of sulfonamides is 1. The van der Waals surface area contributed by atoms with Crippen LogP contribution in [0.5, 0.6) is 0 Å². The van der Waals surface area contributed by atoms with Crippen molar-refractivity contribution in [1.82, 2.24) is 9.29 Å². The van der Waals surface area contributed by atoms with Crippen LogP contribution in [0.2, 0.25) is 0 Å². The van der Waals surface area contributed by atoms with E-state index >= 15 is 0 Å². The summed E-state index contributed by atoms with van der Waals surface area (Å²) in [5.74, 6) is 1.23. The summed E-state index contributed by atoms with van der Waals surface area (Å²) in [7, 11) is -2.21. The predicted octanol–water partition coefficient (Wildman–Crippen LogP) is 0.415. The van der Waals surface area contributed by atoms with Crippen molar-refractivity contribution >= 4 is 16.0 Å². The number of rotatable bonds is 6. The minimum absolute atomic E-state index is 0.0666. The Balaban J connectivity index is 2.83. The zero-order valence-corrected chi connectivity index (χ0v) is 10.7. The van der Waals surface area contributed by atoms with Gasteiger partial charge in [-0.25, -0.2) is 17.9 Å². The molecule has 0 atom stereocenters. The summed E-state index contributed by atoms with van der Waals surface area (Å²) in [6, 6.07) is 1.12. The molecule has 0 bridgehead atoms. The Morgan fingerprint density at radius 2 is 2.28 bits per heavy atom. The average molecular weight is 270 g/mol. The van der Waals surface area contributed by atoms with E-state index in [0.717, 1.165) is 6.07 Å². The maximum absolute atomic E-state index is 11.8. The Hall–Kier alpha value is -1.78. The highest BCUT2D eigenvalue weighted by Crippen LogP contribution is 2.13. The van der Waals surface area contributed by atoms with Crippen LogP contribution in [0.3, 0.4) is 0 Å². The smallest absolute Gasteiger partial charge is 0.352 e. The van der Waals surface area contributed by atoms with Gasteiger partial charge in [0.25, 0.3) is 0 Å². The molecule has 98 valence electrons. The molecule has 0 aliphatic heterocycles. The molecule has 0 amide bonds. The monoisotopic (exact) mass is 270 g/mol. The number of unbranched alkanes of at least 4 members (excludes halogenated alkanes) is 1. The maximum Gasteiger partial charge on any atom is 0.352 e. The van der Waals surface area contributed by atoms with Crippen LogP contribution in [-0.4, -0.2) is 30.6 Å². The largest absolute Gasteiger partial charge is 0.477 e. The lowest BCUT2D eigenvalue weighted by atomic mass is 10.3. The van der Waals surface area contributed by atoms with Gasteiger partial charge in [-0.05, 0) is 12.5 Å². The highest BCUT2D eigenvalue weighted by molar-refractivity contribution is 7.89. The van der Waals surface area contributed by atoms with Crippen LogP contribution >= 0.6 is 0 Å². The summed E-state index contributed by atoms with van der Waals surface area (Å²) in [6.45, 7) is 0.226. The summed E-state index contributed by atoms with van der Waals surface area (Å²) < 4.78 is 27.2. The van der Waals surface area contributed by atoms with Crippen molar-refractivity contribution in [3.8, 4) is 12.3 Å². The number of carbonyl (C=O) groups is 1. The van der Waals surface area contributed by atoms with Crippen molar-refractivity contribution in [2.45, 2.75) is 17.7 Å². The van der Waals surface area contributed by atoms with E-state index in [-0.39, 0.29) is 17.1 Å². The fourth-order valence-corrected chi connectivity index (χ4v) is 2.52. The van der Waals surface area contributed by atoms with E-state index in [1.165, 1.54) is 17.8 Å². The van der Waals surface area contributed by atoms with Crippen LogP contribution in [0.25, 0.3) is 0 Å². The number of hydrogen-bond acceptors (Lipinski definition) is 3. The van der Waals surface area contributed by atoms with Crippen LogP contribution in [0.15, 0.2) is 17.2 Å². The van der Waals surface area contributed by atoms with Crippen LogP contribution < -0.4 is 4.72 Å². The van der Waals surface area contributed by atoms with Crippen molar-refractivity contribution in [2.75, 3.05) is 6.54 Å². The second-order valence-electron chi connectivity index (χ2n) is 3.68. The van der Waals surface area contributed by atoms with Gasteiger partial charge in [0.2, 0.25) is 10.0 Å². The first-order valence-electron chi connectivity index (χ1n) is 5.21. The number of aromatic nitrogens is 1. The summed E-state index contributed by atoms with van der Waals surface area (Å²) in [5.41, 5.74) is -0.0843. The molecule has 1 aromatic rings. The number of carboxylic acid groups (broad SMARTS) is 1. The molecule has 0 saturated heterocycles. The Morgan fingerprint density at radius 3 is 2.78 bits per heavy atom. The fourth-order valence-electron chi connectivity index (χ4n) is 1.37. The Bertz CT molecular complexity index is 581. The molecule has 1 aromatic heterocycles. The molecule has 0 radical (unpaired) electrons. The number of nitrogens with zero attached hydrogens (tertiary/aromatic N) is 1. The van der Waals surface area contributed by atoms with Gasteiger partial charge >= 0.3 is 5.97 Å².